The molecule has 1 aromatic carbocycles. The highest BCUT2D eigenvalue weighted by atomic mass is 32.1. The molecule has 0 aliphatic carbocycles. The molecule has 106 valence electrons. The first-order chi connectivity index (χ1) is 9.54. The molecule has 1 heterocycles. The van der Waals surface area contributed by atoms with Crippen molar-refractivity contribution in [2.75, 3.05) is 18.0 Å². The molecule has 0 bridgehead atoms. The van der Waals surface area contributed by atoms with E-state index in [-0.39, 0.29) is 18.7 Å². The van der Waals surface area contributed by atoms with Gasteiger partial charge in [-0.05, 0) is 19.1 Å². The second-order valence-corrected chi connectivity index (χ2v) is 5.00. The van der Waals surface area contributed by atoms with E-state index in [1.807, 2.05) is 6.92 Å². The largest absolute Gasteiger partial charge is 0.481 e. The Bertz CT molecular complexity index is 655. The Balaban J connectivity index is 2.48. The van der Waals surface area contributed by atoms with Gasteiger partial charge in [0.15, 0.2) is 5.52 Å². The zero-order valence-electron chi connectivity index (χ0n) is 10.8. The first-order valence-corrected chi connectivity index (χ1v) is 6.90. The normalized spacial score (nSPS) is 10.7. The van der Waals surface area contributed by atoms with Crippen molar-refractivity contribution in [3.63, 3.8) is 0 Å². The number of thiazole rings is 1. The second-order valence-electron chi connectivity index (χ2n) is 4.11. The summed E-state index contributed by atoms with van der Waals surface area (Å²) in [4.78, 5) is 27.3. The van der Waals surface area contributed by atoms with Crippen LogP contribution < -0.4 is 4.90 Å². The minimum atomic E-state index is -0.930. The van der Waals surface area contributed by atoms with Crippen molar-refractivity contribution in [2.45, 2.75) is 13.3 Å². The lowest BCUT2D eigenvalue weighted by atomic mass is 10.2. The quantitative estimate of drug-likeness (QED) is 0.649. The number of nitro benzene ring substituents is 1. The van der Waals surface area contributed by atoms with Crippen molar-refractivity contribution < 1.29 is 14.8 Å². The smallest absolute Gasteiger partial charge is 0.319 e. The third-order valence-corrected chi connectivity index (χ3v) is 3.75. The van der Waals surface area contributed by atoms with Gasteiger partial charge in [-0.25, -0.2) is 4.98 Å². The second kappa shape index (κ2) is 5.83. The summed E-state index contributed by atoms with van der Waals surface area (Å²) in [6.07, 6.45) is -0.0693. The van der Waals surface area contributed by atoms with Gasteiger partial charge in [0, 0.05) is 13.1 Å². The average molecular weight is 295 g/mol. The summed E-state index contributed by atoms with van der Waals surface area (Å²) in [7, 11) is 0. The number of nitro groups is 1. The van der Waals surface area contributed by atoms with Gasteiger partial charge in [-0.1, -0.05) is 0 Å². The number of carboxylic acid groups (broad SMARTS) is 1. The number of hydrogen-bond donors (Lipinski definition) is 1. The molecule has 0 spiro atoms. The summed E-state index contributed by atoms with van der Waals surface area (Å²) in [6, 6.07) is 3.43. The molecule has 0 unspecified atom stereocenters. The molecule has 2 rings (SSSR count). The lowest BCUT2D eigenvalue weighted by Crippen LogP contribution is -2.26. The van der Waals surface area contributed by atoms with Crippen molar-refractivity contribution in [3.05, 3.63) is 27.8 Å². The van der Waals surface area contributed by atoms with Crippen LogP contribution in [0.25, 0.3) is 10.2 Å². The van der Waals surface area contributed by atoms with Crippen LogP contribution in [0.2, 0.25) is 0 Å². The van der Waals surface area contributed by atoms with Gasteiger partial charge in [-0.3, -0.25) is 14.9 Å². The van der Waals surface area contributed by atoms with Gasteiger partial charge in [0.05, 0.1) is 21.6 Å². The van der Waals surface area contributed by atoms with Crippen LogP contribution in [0.5, 0.6) is 0 Å². The highest BCUT2D eigenvalue weighted by molar-refractivity contribution is 7.16. The first-order valence-electron chi connectivity index (χ1n) is 6.02. The summed E-state index contributed by atoms with van der Waals surface area (Å²) >= 11 is 1.34. The van der Waals surface area contributed by atoms with Crippen LogP contribution in [-0.4, -0.2) is 34.1 Å². The maximum absolute atomic E-state index is 11.3. The molecule has 1 aromatic heterocycles. The monoisotopic (exact) mass is 295 g/mol. The van der Waals surface area contributed by atoms with Gasteiger partial charge >= 0.3 is 11.7 Å². The molecular weight excluding hydrogens is 282 g/mol. The maximum atomic E-state index is 11.3. The molecule has 0 atom stereocenters. The number of nitrogens with zero attached hydrogens (tertiary/aromatic N) is 3. The van der Waals surface area contributed by atoms with Gasteiger partial charge in [0.25, 0.3) is 0 Å². The van der Waals surface area contributed by atoms with E-state index in [0.29, 0.717) is 17.7 Å². The molecule has 0 amide bonds. The van der Waals surface area contributed by atoms with E-state index in [1.54, 1.807) is 22.5 Å². The molecule has 0 saturated carbocycles. The molecule has 0 aliphatic heterocycles. The van der Waals surface area contributed by atoms with E-state index in [0.717, 1.165) is 4.70 Å². The summed E-state index contributed by atoms with van der Waals surface area (Å²) in [5, 5.41) is 20.1. The predicted octanol–water partition coefficient (Wildman–Crippen LogP) is 2.51. The van der Waals surface area contributed by atoms with Crippen molar-refractivity contribution in [3.8, 4) is 0 Å². The molecule has 1 N–H and O–H groups in total. The van der Waals surface area contributed by atoms with E-state index in [1.165, 1.54) is 11.3 Å². The lowest BCUT2D eigenvalue weighted by molar-refractivity contribution is -0.382. The zero-order valence-corrected chi connectivity index (χ0v) is 11.6. The Hall–Kier alpha value is -2.22. The molecule has 0 aliphatic rings. The maximum Gasteiger partial charge on any atom is 0.319 e. The van der Waals surface area contributed by atoms with Crippen LogP contribution in [0.1, 0.15) is 13.3 Å². The summed E-state index contributed by atoms with van der Waals surface area (Å²) in [5.74, 6) is -0.930. The van der Waals surface area contributed by atoms with Crippen LogP contribution in [0.4, 0.5) is 11.4 Å². The minimum Gasteiger partial charge on any atom is -0.481 e. The number of rotatable bonds is 6. The predicted molar refractivity (Wildman–Crippen MR) is 76.4 cm³/mol. The van der Waals surface area contributed by atoms with Crippen LogP contribution in [0.3, 0.4) is 0 Å². The third-order valence-electron chi connectivity index (χ3n) is 2.95. The number of carbonyl (C=O) groups is 1. The van der Waals surface area contributed by atoms with Gasteiger partial charge in [-0.2, -0.15) is 0 Å². The molecule has 20 heavy (non-hydrogen) atoms. The van der Waals surface area contributed by atoms with E-state index >= 15 is 0 Å². The Labute approximate surface area is 118 Å². The first kappa shape index (κ1) is 14.2. The Kier molecular flexibility index (Phi) is 4.14. The van der Waals surface area contributed by atoms with E-state index in [4.69, 9.17) is 5.11 Å². The Morgan fingerprint density at radius 3 is 2.90 bits per heavy atom. The van der Waals surface area contributed by atoms with Gasteiger partial charge in [0.1, 0.15) is 5.69 Å². The van der Waals surface area contributed by atoms with Crippen molar-refractivity contribution >= 4 is 38.9 Å². The Morgan fingerprint density at radius 1 is 1.55 bits per heavy atom. The van der Waals surface area contributed by atoms with Crippen LogP contribution >= 0.6 is 11.3 Å². The third kappa shape index (κ3) is 2.69. The van der Waals surface area contributed by atoms with Gasteiger partial charge in [-0.15, -0.1) is 11.3 Å². The highest BCUT2D eigenvalue weighted by Crippen LogP contribution is 2.36. The summed E-state index contributed by atoms with van der Waals surface area (Å²) < 4.78 is 0.745. The van der Waals surface area contributed by atoms with Gasteiger partial charge < -0.3 is 10.0 Å². The fraction of sp³-hybridized carbons (Fsp3) is 0.333. The number of anilines is 1. The molecule has 0 fully saturated rings. The Morgan fingerprint density at radius 2 is 2.30 bits per heavy atom. The minimum absolute atomic E-state index is 0.0593. The zero-order chi connectivity index (χ0) is 14.7. The molecule has 7 nitrogen and oxygen atoms in total. The molecule has 0 saturated heterocycles. The van der Waals surface area contributed by atoms with Gasteiger partial charge in [0.2, 0.25) is 0 Å². The number of benzene rings is 1. The van der Waals surface area contributed by atoms with E-state index < -0.39 is 10.9 Å². The van der Waals surface area contributed by atoms with Crippen molar-refractivity contribution in [1.82, 2.24) is 4.98 Å². The van der Waals surface area contributed by atoms with Crippen molar-refractivity contribution in [2.24, 2.45) is 0 Å². The fourth-order valence-electron chi connectivity index (χ4n) is 2.02. The molecule has 8 heteroatoms. The number of fused-ring (bicyclic) bond motifs is 1. The number of aliphatic carboxylic acids is 1. The van der Waals surface area contributed by atoms with E-state index in [9.17, 15) is 14.9 Å². The molecule has 2 aromatic rings. The van der Waals surface area contributed by atoms with Crippen molar-refractivity contribution in [1.29, 1.82) is 0 Å². The molecule has 0 radical (unpaired) electrons. The highest BCUT2D eigenvalue weighted by Gasteiger charge is 2.24. The number of carboxylic acids is 1. The number of aromatic nitrogens is 1. The lowest BCUT2D eigenvalue weighted by Gasteiger charge is -2.21. The van der Waals surface area contributed by atoms with Crippen LogP contribution in [0, 0.1) is 10.1 Å². The summed E-state index contributed by atoms with van der Waals surface area (Å²) in [6.45, 7) is 2.54. The standard InChI is InChI=1S/C12H13N3O4S/c1-2-14(6-5-10(16)17)8-3-4-9-11(13-7-20-9)12(8)15(18)19/h3-4,7H,2,5-6H2,1H3,(H,16,17). The number of hydrogen-bond acceptors (Lipinski definition) is 6. The topological polar surface area (TPSA) is 96.6 Å². The average Bonchev–Trinajstić information content (AvgIpc) is 2.86. The van der Waals surface area contributed by atoms with Crippen LogP contribution in [-0.2, 0) is 4.79 Å². The summed E-state index contributed by atoms with van der Waals surface area (Å²) in [5.41, 5.74) is 2.27. The molecular formula is C12H13N3O4S. The van der Waals surface area contributed by atoms with E-state index in [2.05, 4.69) is 4.98 Å². The fourth-order valence-corrected chi connectivity index (χ4v) is 2.70. The SMILES string of the molecule is CCN(CCC(=O)O)c1ccc2scnc2c1[N+](=O)[O-]. The van der Waals surface area contributed by atoms with Crippen LogP contribution in [0.15, 0.2) is 17.6 Å².